The minimum absolute atomic E-state index is 0.137. The molecule has 0 aliphatic carbocycles. The molecule has 0 saturated heterocycles. The van der Waals surface area contributed by atoms with E-state index in [-0.39, 0.29) is 5.28 Å². The van der Waals surface area contributed by atoms with E-state index >= 15 is 0 Å². The second-order valence-electron chi connectivity index (χ2n) is 3.65. The molecule has 2 aromatic rings. The van der Waals surface area contributed by atoms with Gasteiger partial charge in [-0.15, -0.1) is 0 Å². The molecule has 1 aromatic heterocycles. The highest BCUT2D eigenvalue weighted by atomic mass is 35.5. The molecule has 0 aliphatic rings. The van der Waals surface area contributed by atoms with Gasteiger partial charge in [-0.25, -0.2) is 4.98 Å². The first-order chi connectivity index (χ1) is 8.60. The Bertz CT molecular complexity index is 616. The van der Waals surface area contributed by atoms with E-state index in [1.807, 2.05) is 6.07 Å². The van der Waals surface area contributed by atoms with Crippen LogP contribution in [0.4, 0.5) is 17.2 Å². The second-order valence-corrected chi connectivity index (χ2v) is 3.99. The Labute approximate surface area is 109 Å². The number of anilines is 3. The molecule has 0 fully saturated rings. The number of halogens is 1. The predicted molar refractivity (Wildman–Crippen MR) is 70.6 cm³/mol. The number of hydrogen-bond donors (Lipinski definition) is 2. The van der Waals surface area contributed by atoms with Gasteiger partial charge in [-0.3, -0.25) is 0 Å². The molecule has 3 N–H and O–H groups in total. The number of rotatable bonds is 2. The smallest absolute Gasteiger partial charge is 0.224 e. The summed E-state index contributed by atoms with van der Waals surface area (Å²) < 4.78 is 0. The summed E-state index contributed by atoms with van der Waals surface area (Å²) in [6.45, 7) is 1.76. The van der Waals surface area contributed by atoms with E-state index in [0.717, 1.165) is 5.69 Å². The maximum absolute atomic E-state index is 8.71. The Kier molecular flexibility index (Phi) is 3.31. The van der Waals surface area contributed by atoms with E-state index in [1.165, 1.54) is 0 Å². The average molecular weight is 260 g/mol. The Morgan fingerprint density at radius 3 is 2.56 bits per heavy atom. The highest BCUT2D eigenvalue weighted by Crippen LogP contribution is 2.24. The van der Waals surface area contributed by atoms with Crippen LogP contribution in [0.2, 0.25) is 5.28 Å². The lowest BCUT2D eigenvalue weighted by atomic mass is 10.2. The zero-order chi connectivity index (χ0) is 13.1. The molecule has 0 amide bonds. The van der Waals surface area contributed by atoms with E-state index in [2.05, 4.69) is 15.3 Å². The number of aromatic nitrogens is 2. The zero-order valence-electron chi connectivity index (χ0n) is 9.61. The number of nitriles is 1. The van der Waals surface area contributed by atoms with Gasteiger partial charge in [-0.1, -0.05) is 0 Å². The van der Waals surface area contributed by atoms with E-state index < -0.39 is 0 Å². The SMILES string of the molecule is Cc1nc(Cl)nc(Nc2ccc(C#N)cc2)c1N. The molecule has 5 nitrogen and oxygen atoms in total. The van der Waals surface area contributed by atoms with Gasteiger partial charge in [0.25, 0.3) is 0 Å². The molecule has 0 aliphatic heterocycles. The van der Waals surface area contributed by atoms with Gasteiger partial charge in [0.1, 0.15) is 0 Å². The van der Waals surface area contributed by atoms with Crippen molar-refractivity contribution < 1.29 is 0 Å². The van der Waals surface area contributed by atoms with Crippen molar-refractivity contribution in [2.24, 2.45) is 0 Å². The van der Waals surface area contributed by atoms with Gasteiger partial charge in [-0.2, -0.15) is 10.2 Å². The monoisotopic (exact) mass is 259 g/mol. The first-order valence-electron chi connectivity index (χ1n) is 5.17. The minimum atomic E-state index is 0.137. The molecule has 0 radical (unpaired) electrons. The van der Waals surface area contributed by atoms with Crippen LogP contribution in [0.1, 0.15) is 11.3 Å². The van der Waals surface area contributed by atoms with Crippen molar-refractivity contribution in [3.63, 3.8) is 0 Å². The molecule has 0 saturated carbocycles. The summed E-state index contributed by atoms with van der Waals surface area (Å²) in [7, 11) is 0. The predicted octanol–water partition coefficient (Wildman–Crippen LogP) is 2.64. The summed E-state index contributed by atoms with van der Waals surface area (Å²) >= 11 is 5.78. The van der Waals surface area contributed by atoms with Crippen LogP contribution in [0.5, 0.6) is 0 Å². The number of nitrogens with two attached hydrogens (primary N) is 1. The van der Waals surface area contributed by atoms with Crippen LogP contribution < -0.4 is 11.1 Å². The van der Waals surface area contributed by atoms with Crippen LogP contribution in [0.15, 0.2) is 24.3 Å². The van der Waals surface area contributed by atoms with E-state index in [1.54, 1.807) is 31.2 Å². The minimum Gasteiger partial charge on any atom is -0.394 e. The van der Waals surface area contributed by atoms with Gasteiger partial charge in [0.15, 0.2) is 5.82 Å². The number of benzene rings is 1. The molecule has 0 bridgehead atoms. The highest BCUT2D eigenvalue weighted by molar-refractivity contribution is 6.28. The van der Waals surface area contributed by atoms with Gasteiger partial charge in [0.2, 0.25) is 5.28 Å². The largest absolute Gasteiger partial charge is 0.394 e. The molecule has 1 heterocycles. The average Bonchev–Trinajstić information content (AvgIpc) is 2.36. The molecule has 18 heavy (non-hydrogen) atoms. The summed E-state index contributed by atoms with van der Waals surface area (Å²) in [5.74, 6) is 0.456. The normalized spacial score (nSPS) is 9.83. The van der Waals surface area contributed by atoms with Gasteiger partial charge < -0.3 is 11.1 Å². The van der Waals surface area contributed by atoms with Gasteiger partial charge in [0, 0.05) is 5.69 Å². The summed E-state index contributed by atoms with van der Waals surface area (Å²) in [5, 5.41) is 11.9. The lowest BCUT2D eigenvalue weighted by molar-refractivity contribution is 1.11. The molecule has 90 valence electrons. The van der Waals surface area contributed by atoms with Crippen molar-refractivity contribution in [3.05, 3.63) is 40.8 Å². The second kappa shape index (κ2) is 4.90. The fraction of sp³-hybridized carbons (Fsp3) is 0.0833. The zero-order valence-corrected chi connectivity index (χ0v) is 10.4. The van der Waals surface area contributed by atoms with Gasteiger partial charge >= 0.3 is 0 Å². The first-order valence-corrected chi connectivity index (χ1v) is 5.55. The summed E-state index contributed by atoms with van der Waals surface area (Å²) in [6, 6.07) is 8.99. The number of nitrogens with one attached hydrogen (secondary N) is 1. The summed E-state index contributed by atoms with van der Waals surface area (Å²) in [6.07, 6.45) is 0. The van der Waals surface area contributed by atoms with Crippen LogP contribution in [0.25, 0.3) is 0 Å². The fourth-order valence-electron chi connectivity index (χ4n) is 1.41. The first kappa shape index (κ1) is 12.1. The quantitative estimate of drug-likeness (QED) is 0.810. The van der Waals surface area contributed by atoms with E-state index in [9.17, 15) is 0 Å². The van der Waals surface area contributed by atoms with Crippen LogP contribution >= 0.6 is 11.6 Å². The van der Waals surface area contributed by atoms with Crippen LogP contribution in [-0.4, -0.2) is 9.97 Å². The molecule has 6 heteroatoms. The molecule has 0 spiro atoms. The van der Waals surface area contributed by atoms with Gasteiger partial charge in [-0.05, 0) is 42.8 Å². The van der Waals surface area contributed by atoms with Gasteiger partial charge in [0.05, 0.1) is 23.0 Å². The molecular weight excluding hydrogens is 250 g/mol. The molecular formula is C12H10ClN5. The van der Waals surface area contributed by atoms with Crippen molar-refractivity contribution in [1.82, 2.24) is 9.97 Å². The molecule has 0 unspecified atom stereocenters. The summed E-state index contributed by atoms with van der Waals surface area (Å²) in [4.78, 5) is 7.97. The van der Waals surface area contributed by atoms with E-state index in [0.29, 0.717) is 22.8 Å². The van der Waals surface area contributed by atoms with Crippen molar-refractivity contribution in [2.45, 2.75) is 6.92 Å². The number of aryl methyl sites for hydroxylation is 1. The number of nitrogen functional groups attached to an aromatic ring is 1. The summed E-state index contributed by atoms with van der Waals surface area (Å²) in [5.41, 5.74) is 8.28. The Hall–Kier alpha value is -2.32. The van der Waals surface area contributed by atoms with E-state index in [4.69, 9.17) is 22.6 Å². The maximum Gasteiger partial charge on any atom is 0.224 e. The Morgan fingerprint density at radius 2 is 1.94 bits per heavy atom. The molecule has 0 atom stereocenters. The number of hydrogen-bond acceptors (Lipinski definition) is 5. The fourth-order valence-corrected chi connectivity index (χ4v) is 1.62. The van der Waals surface area contributed by atoms with Crippen molar-refractivity contribution in [3.8, 4) is 6.07 Å². The van der Waals surface area contributed by atoms with Crippen LogP contribution in [0.3, 0.4) is 0 Å². The lowest BCUT2D eigenvalue weighted by Gasteiger charge is -2.10. The maximum atomic E-state index is 8.71. The van der Waals surface area contributed by atoms with Crippen molar-refractivity contribution in [2.75, 3.05) is 11.1 Å². The van der Waals surface area contributed by atoms with Crippen molar-refractivity contribution >= 4 is 28.8 Å². The third-order valence-electron chi connectivity index (χ3n) is 2.39. The third-order valence-corrected chi connectivity index (χ3v) is 2.55. The lowest BCUT2D eigenvalue weighted by Crippen LogP contribution is -2.03. The third kappa shape index (κ3) is 2.50. The highest BCUT2D eigenvalue weighted by Gasteiger charge is 2.07. The molecule has 1 aromatic carbocycles. The van der Waals surface area contributed by atoms with Crippen LogP contribution in [0, 0.1) is 18.3 Å². The van der Waals surface area contributed by atoms with Crippen molar-refractivity contribution in [1.29, 1.82) is 5.26 Å². The Morgan fingerprint density at radius 1 is 1.28 bits per heavy atom. The number of nitrogens with zero attached hydrogens (tertiary/aromatic N) is 3. The standard InChI is InChI=1S/C12H10ClN5/c1-7-10(15)11(18-12(13)16-7)17-9-4-2-8(6-14)3-5-9/h2-5H,15H2,1H3,(H,16,17,18). The topological polar surface area (TPSA) is 87.6 Å². The van der Waals surface area contributed by atoms with Crippen LogP contribution in [-0.2, 0) is 0 Å². The molecule has 2 rings (SSSR count). The Balaban J connectivity index is 2.31.